The predicted molar refractivity (Wildman–Crippen MR) is 89.8 cm³/mol. The molecule has 0 heterocycles. The smallest absolute Gasteiger partial charge is 0.419 e. The summed E-state index contributed by atoms with van der Waals surface area (Å²) in [5.41, 5.74) is -1.44. The molecule has 2 amide bonds. The van der Waals surface area contributed by atoms with E-state index in [0.29, 0.717) is 19.3 Å². The number of rotatable bonds is 6. The number of carboxylic acid groups (broad SMARTS) is 1. The van der Waals surface area contributed by atoms with Crippen LogP contribution in [-0.4, -0.2) is 45.9 Å². The van der Waals surface area contributed by atoms with E-state index in [9.17, 15) is 14.4 Å². The third kappa shape index (κ3) is 11.5. The molecule has 0 aliphatic carbocycles. The molecule has 0 atom stereocenters. The number of carbonyl (C=O) groups is 3. The van der Waals surface area contributed by atoms with Gasteiger partial charge in [-0.2, -0.15) is 0 Å². The Morgan fingerprint density at radius 2 is 1.38 bits per heavy atom. The van der Waals surface area contributed by atoms with Gasteiger partial charge in [-0.15, -0.1) is 0 Å². The normalized spacial score (nSPS) is 12.1. The van der Waals surface area contributed by atoms with Gasteiger partial charge in [0, 0.05) is 12.6 Å². The zero-order valence-electron chi connectivity index (χ0n) is 15.4. The second-order valence-electron chi connectivity index (χ2n) is 7.35. The molecule has 7 heteroatoms. The van der Waals surface area contributed by atoms with Gasteiger partial charge >= 0.3 is 18.2 Å². The average molecular weight is 343 g/mol. The maximum absolute atomic E-state index is 12.2. The molecule has 0 rings (SSSR count). The summed E-state index contributed by atoms with van der Waals surface area (Å²) in [6, 6.07) is 0. The first kappa shape index (κ1) is 21.9. The molecule has 0 aliphatic heterocycles. The lowest BCUT2D eigenvalue weighted by Gasteiger charge is -2.28. The van der Waals surface area contributed by atoms with Gasteiger partial charge in [0.2, 0.25) is 0 Å². The van der Waals surface area contributed by atoms with Gasteiger partial charge < -0.3 is 14.6 Å². The molecule has 24 heavy (non-hydrogen) atoms. The lowest BCUT2D eigenvalue weighted by molar-refractivity contribution is -0.131. The summed E-state index contributed by atoms with van der Waals surface area (Å²) in [7, 11) is 0. The lowest BCUT2D eigenvalue weighted by Crippen LogP contribution is -2.44. The molecule has 0 spiro atoms. The molecule has 0 aromatic rings. The second-order valence-corrected chi connectivity index (χ2v) is 7.35. The van der Waals surface area contributed by atoms with Gasteiger partial charge in [-0.25, -0.2) is 19.3 Å². The number of hydrogen-bond donors (Lipinski definition) is 1. The van der Waals surface area contributed by atoms with Crippen LogP contribution in [-0.2, 0) is 14.3 Å². The van der Waals surface area contributed by atoms with Gasteiger partial charge in [0.15, 0.2) is 0 Å². The highest BCUT2D eigenvalue weighted by Crippen LogP contribution is 2.15. The van der Waals surface area contributed by atoms with E-state index in [1.807, 2.05) is 0 Å². The standard InChI is InChI=1S/C17H29NO6/c1-16(2,3)23-14(21)18(15(22)24-17(4,5)6)12-10-8-7-9-11-13(19)20/h9,11H,7-8,10,12H2,1-6H3,(H,19,20)/b11-9+. The van der Waals surface area contributed by atoms with Crippen molar-refractivity contribution in [2.75, 3.05) is 6.54 Å². The molecule has 0 radical (unpaired) electrons. The molecule has 0 aromatic heterocycles. The molecule has 0 saturated carbocycles. The number of carbonyl (C=O) groups excluding carboxylic acids is 2. The SMILES string of the molecule is CC(C)(C)OC(=O)N(CCCC/C=C/C(=O)O)C(=O)OC(C)(C)C. The maximum Gasteiger partial charge on any atom is 0.419 e. The highest BCUT2D eigenvalue weighted by molar-refractivity contribution is 5.88. The monoisotopic (exact) mass is 343 g/mol. The molecule has 138 valence electrons. The van der Waals surface area contributed by atoms with E-state index in [4.69, 9.17) is 14.6 Å². The molecule has 0 unspecified atom stereocenters. The Morgan fingerprint density at radius 3 is 1.75 bits per heavy atom. The molecule has 7 nitrogen and oxygen atoms in total. The van der Waals surface area contributed by atoms with E-state index < -0.39 is 29.4 Å². The first-order chi connectivity index (χ1) is 10.8. The highest BCUT2D eigenvalue weighted by atomic mass is 16.6. The number of carboxylic acids is 1. The number of allylic oxidation sites excluding steroid dienone is 1. The van der Waals surface area contributed by atoms with E-state index in [1.165, 1.54) is 6.08 Å². The van der Waals surface area contributed by atoms with Crippen molar-refractivity contribution in [3.05, 3.63) is 12.2 Å². The molecule has 0 saturated heterocycles. The van der Waals surface area contributed by atoms with Gasteiger partial charge in [-0.3, -0.25) is 0 Å². The van der Waals surface area contributed by atoms with E-state index in [1.54, 1.807) is 41.5 Å². The number of nitrogens with zero attached hydrogens (tertiary/aromatic N) is 1. The summed E-state index contributed by atoms with van der Waals surface area (Å²) in [5.74, 6) is -1.00. The van der Waals surface area contributed by atoms with Crippen molar-refractivity contribution in [3.8, 4) is 0 Å². The quantitative estimate of drug-likeness (QED) is 0.579. The molecule has 0 aromatic carbocycles. The van der Waals surface area contributed by atoms with Crippen LogP contribution in [0.2, 0.25) is 0 Å². The molecule has 0 aliphatic rings. The Bertz CT molecular complexity index is 442. The van der Waals surface area contributed by atoms with Gasteiger partial charge in [-0.05, 0) is 60.8 Å². The summed E-state index contributed by atoms with van der Waals surface area (Å²) in [6.07, 6.45) is 2.79. The topological polar surface area (TPSA) is 93.1 Å². The van der Waals surface area contributed by atoms with Crippen molar-refractivity contribution < 1.29 is 29.0 Å². The Labute approximate surface area is 143 Å². The number of unbranched alkanes of at least 4 members (excludes halogenated alkanes) is 2. The van der Waals surface area contributed by atoms with Crippen LogP contribution in [0.15, 0.2) is 12.2 Å². The van der Waals surface area contributed by atoms with Crippen molar-refractivity contribution in [2.24, 2.45) is 0 Å². The molecular formula is C17H29NO6. The zero-order valence-corrected chi connectivity index (χ0v) is 15.4. The van der Waals surface area contributed by atoms with Crippen molar-refractivity contribution in [1.82, 2.24) is 4.90 Å². The fourth-order valence-electron chi connectivity index (χ4n) is 1.61. The third-order valence-corrected chi connectivity index (χ3v) is 2.49. The zero-order chi connectivity index (χ0) is 19.0. The summed E-state index contributed by atoms with van der Waals surface area (Å²) in [4.78, 5) is 35.7. The van der Waals surface area contributed by atoms with Crippen molar-refractivity contribution in [3.63, 3.8) is 0 Å². The highest BCUT2D eigenvalue weighted by Gasteiger charge is 2.30. The number of aliphatic carboxylic acids is 1. The Kier molecular flexibility index (Phi) is 8.50. The number of imide groups is 1. The van der Waals surface area contributed by atoms with E-state index in [0.717, 1.165) is 11.0 Å². The summed E-state index contributed by atoms with van der Waals surface area (Å²) >= 11 is 0. The minimum absolute atomic E-state index is 0.144. The first-order valence-corrected chi connectivity index (χ1v) is 7.95. The molecule has 0 fully saturated rings. The minimum atomic E-state index is -1.00. The lowest BCUT2D eigenvalue weighted by atomic mass is 10.2. The van der Waals surface area contributed by atoms with Crippen LogP contribution in [0.4, 0.5) is 9.59 Å². The van der Waals surface area contributed by atoms with Gasteiger partial charge in [-0.1, -0.05) is 6.08 Å². The van der Waals surface area contributed by atoms with Crippen LogP contribution in [0.1, 0.15) is 60.8 Å². The largest absolute Gasteiger partial charge is 0.478 e. The summed E-state index contributed by atoms with van der Waals surface area (Å²) in [6.45, 7) is 10.4. The molecule has 0 bridgehead atoms. The van der Waals surface area contributed by atoms with Gasteiger partial charge in [0.05, 0.1) is 0 Å². The van der Waals surface area contributed by atoms with Gasteiger partial charge in [0.25, 0.3) is 0 Å². The van der Waals surface area contributed by atoms with Crippen LogP contribution in [0, 0.1) is 0 Å². The third-order valence-electron chi connectivity index (χ3n) is 2.49. The average Bonchev–Trinajstić information content (AvgIpc) is 2.32. The van der Waals surface area contributed by atoms with E-state index >= 15 is 0 Å². The van der Waals surface area contributed by atoms with Crippen LogP contribution in [0.25, 0.3) is 0 Å². The van der Waals surface area contributed by atoms with Crippen LogP contribution in [0.3, 0.4) is 0 Å². The predicted octanol–water partition coefficient (Wildman–Crippen LogP) is 3.97. The Morgan fingerprint density at radius 1 is 0.917 bits per heavy atom. The van der Waals surface area contributed by atoms with Crippen LogP contribution >= 0.6 is 0 Å². The number of amides is 2. The van der Waals surface area contributed by atoms with Gasteiger partial charge in [0.1, 0.15) is 11.2 Å². The van der Waals surface area contributed by atoms with Crippen LogP contribution < -0.4 is 0 Å². The molecular weight excluding hydrogens is 314 g/mol. The first-order valence-electron chi connectivity index (χ1n) is 7.95. The summed E-state index contributed by atoms with van der Waals surface area (Å²) < 4.78 is 10.5. The van der Waals surface area contributed by atoms with Crippen LogP contribution in [0.5, 0.6) is 0 Å². The maximum atomic E-state index is 12.2. The Balaban J connectivity index is 4.72. The fraction of sp³-hybridized carbons (Fsp3) is 0.706. The molecule has 1 N–H and O–H groups in total. The number of ether oxygens (including phenoxy) is 2. The number of hydrogen-bond acceptors (Lipinski definition) is 5. The van der Waals surface area contributed by atoms with Crippen molar-refractivity contribution in [2.45, 2.75) is 72.0 Å². The van der Waals surface area contributed by atoms with Crippen molar-refractivity contribution in [1.29, 1.82) is 0 Å². The summed E-state index contributed by atoms with van der Waals surface area (Å²) in [5, 5.41) is 8.50. The fourth-order valence-corrected chi connectivity index (χ4v) is 1.61. The van der Waals surface area contributed by atoms with E-state index in [-0.39, 0.29) is 6.54 Å². The van der Waals surface area contributed by atoms with Crippen molar-refractivity contribution >= 4 is 18.2 Å². The van der Waals surface area contributed by atoms with E-state index in [2.05, 4.69) is 0 Å². The second kappa shape index (κ2) is 9.30. The Hall–Kier alpha value is -2.05. The minimum Gasteiger partial charge on any atom is -0.478 e.